The molecule has 0 saturated carbocycles. The van der Waals surface area contributed by atoms with Crippen molar-refractivity contribution in [2.24, 2.45) is 0 Å². The molecule has 0 bridgehead atoms. The van der Waals surface area contributed by atoms with E-state index in [0.29, 0.717) is 16.3 Å². The fourth-order valence-corrected chi connectivity index (χ4v) is 4.06. The van der Waals surface area contributed by atoms with Crippen LogP contribution in [0.25, 0.3) is 10.2 Å². The van der Waals surface area contributed by atoms with Crippen LogP contribution in [0.3, 0.4) is 0 Å². The largest absolute Gasteiger partial charge is 0.325 e. The third-order valence-corrected chi connectivity index (χ3v) is 5.68. The molecular weight excluding hydrogens is 364 g/mol. The fraction of sp³-hybridized carbons (Fsp3) is 0.125. The zero-order valence-corrected chi connectivity index (χ0v) is 14.9. The Balaban J connectivity index is 1.72. The van der Waals surface area contributed by atoms with Gasteiger partial charge in [0, 0.05) is 5.69 Å². The van der Waals surface area contributed by atoms with Gasteiger partial charge >= 0.3 is 0 Å². The number of hydrogen-bond acceptors (Lipinski definition) is 6. The first kappa shape index (κ1) is 16.7. The molecule has 1 aromatic carbocycles. The van der Waals surface area contributed by atoms with Crippen LogP contribution in [0.4, 0.5) is 5.69 Å². The highest BCUT2D eigenvalue weighted by molar-refractivity contribution is 8.00. The summed E-state index contributed by atoms with van der Waals surface area (Å²) in [6, 6.07) is 8.71. The molecule has 2 heterocycles. The van der Waals surface area contributed by atoms with Gasteiger partial charge in [-0.3, -0.25) is 4.79 Å². The minimum Gasteiger partial charge on any atom is -0.325 e. The topological polar surface area (TPSA) is 78.7 Å². The van der Waals surface area contributed by atoms with Crippen molar-refractivity contribution in [1.29, 1.82) is 5.26 Å². The van der Waals surface area contributed by atoms with Gasteiger partial charge in [0.25, 0.3) is 0 Å². The Morgan fingerprint density at radius 2 is 2.25 bits per heavy atom. The van der Waals surface area contributed by atoms with Crippen LogP contribution in [0, 0.1) is 11.3 Å². The number of halogens is 1. The Kier molecular flexibility index (Phi) is 5.00. The first-order valence-electron chi connectivity index (χ1n) is 6.94. The van der Waals surface area contributed by atoms with Gasteiger partial charge in [0.15, 0.2) is 0 Å². The maximum atomic E-state index is 12.4. The lowest BCUT2D eigenvalue weighted by Gasteiger charge is -2.12. The second-order valence-corrected chi connectivity index (χ2v) is 7.52. The maximum absolute atomic E-state index is 12.4. The van der Waals surface area contributed by atoms with Crippen LogP contribution in [-0.4, -0.2) is 21.1 Å². The van der Waals surface area contributed by atoms with E-state index < -0.39 is 0 Å². The van der Waals surface area contributed by atoms with Crippen molar-refractivity contribution >= 4 is 56.5 Å². The average molecular weight is 375 g/mol. The van der Waals surface area contributed by atoms with Crippen molar-refractivity contribution in [3.63, 3.8) is 0 Å². The van der Waals surface area contributed by atoms with Gasteiger partial charge in [-0.25, -0.2) is 9.97 Å². The highest BCUT2D eigenvalue weighted by Gasteiger charge is 2.18. The highest BCUT2D eigenvalue weighted by atomic mass is 35.5. The summed E-state index contributed by atoms with van der Waals surface area (Å²) in [5.41, 5.74) is 1.81. The van der Waals surface area contributed by atoms with Crippen molar-refractivity contribution in [1.82, 2.24) is 9.97 Å². The average Bonchev–Trinajstić information content (AvgIpc) is 3.04. The molecule has 0 spiro atoms. The summed E-state index contributed by atoms with van der Waals surface area (Å²) in [5, 5.41) is 14.4. The number of carbonyl (C=O) groups excluding carboxylic acids is 1. The monoisotopic (exact) mass is 374 g/mol. The molecule has 0 radical (unpaired) electrons. The Bertz CT molecular complexity index is 951. The molecule has 8 heteroatoms. The number of carbonyl (C=O) groups is 1. The second kappa shape index (κ2) is 7.18. The summed E-state index contributed by atoms with van der Waals surface area (Å²) < 4.78 is 0.976. The first-order chi connectivity index (χ1) is 11.6. The van der Waals surface area contributed by atoms with Crippen LogP contribution >= 0.6 is 34.7 Å². The second-order valence-electron chi connectivity index (χ2n) is 4.87. The fourth-order valence-electron chi connectivity index (χ4n) is 2.00. The number of hydrogen-bond donors (Lipinski definition) is 1. The molecule has 0 aliphatic carbocycles. The van der Waals surface area contributed by atoms with Gasteiger partial charge in [-0.15, -0.1) is 11.3 Å². The number of nitrogens with one attached hydrogen (secondary N) is 1. The Labute approximate surface area is 151 Å². The lowest BCUT2D eigenvalue weighted by Crippen LogP contribution is -2.22. The number of rotatable bonds is 4. The number of thiophene rings is 1. The summed E-state index contributed by atoms with van der Waals surface area (Å²) >= 11 is 8.91. The van der Waals surface area contributed by atoms with Crippen molar-refractivity contribution in [2.75, 3.05) is 5.32 Å². The van der Waals surface area contributed by atoms with Gasteiger partial charge in [0.1, 0.15) is 17.4 Å². The van der Waals surface area contributed by atoms with Crippen LogP contribution < -0.4 is 5.32 Å². The summed E-state index contributed by atoms with van der Waals surface area (Å²) in [7, 11) is 0. The normalized spacial score (nSPS) is 11.9. The molecule has 1 N–H and O–H groups in total. The predicted molar refractivity (Wildman–Crippen MR) is 97.5 cm³/mol. The molecule has 0 aliphatic heterocycles. The lowest BCUT2D eigenvalue weighted by molar-refractivity contribution is -0.115. The van der Waals surface area contributed by atoms with Crippen molar-refractivity contribution in [3.05, 3.63) is 46.6 Å². The number of thioether (sulfide) groups is 1. The van der Waals surface area contributed by atoms with Crippen LogP contribution in [0.2, 0.25) is 5.02 Å². The van der Waals surface area contributed by atoms with Gasteiger partial charge in [-0.05, 0) is 36.6 Å². The minimum absolute atomic E-state index is 0.163. The number of fused-ring (bicyclic) bond motifs is 1. The SMILES string of the molecule is CC(Sc1ncnc2ccsc12)C(=O)Nc1ccc(C#N)c(Cl)c1. The Hall–Kier alpha value is -2.14. The number of anilines is 1. The van der Waals surface area contributed by atoms with E-state index in [1.54, 1.807) is 29.5 Å². The van der Waals surface area contributed by atoms with Gasteiger partial charge in [0.2, 0.25) is 5.91 Å². The van der Waals surface area contributed by atoms with Gasteiger partial charge in [-0.2, -0.15) is 5.26 Å². The minimum atomic E-state index is -0.348. The van der Waals surface area contributed by atoms with Crippen LogP contribution in [0.1, 0.15) is 12.5 Å². The van der Waals surface area contributed by atoms with E-state index >= 15 is 0 Å². The number of benzene rings is 1. The molecule has 120 valence electrons. The molecule has 0 aliphatic rings. The Morgan fingerprint density at radius 1 is 1.42 bits per heavy atom. The summed E-state index contributed by atoms with van der Waals surface area (Å²) in [4.78, 5) is 20.8. The van der Waals surface area contributed by atoms with Gasteiger partial charge < -0.3 is 5.32 Å². The Morgan fingerprint density at radius 3 is 3.00 bits per heavy atom. The van der Waals surface area contributed by atoms with Crippen molar-refractivity contribution < 1.29 is 4.79 Å². The van der Waals surface area contributed by atoms with E-state index in [1.165, 1.54) is 18.1 Å². The lowest BCUT2D eigenvalue weighted by atomic mass is 10.2. The molecule has 5 nitrogen and oxygen atoms in total. The summed E-state index contributed by atoms with van der Waals surface area (Å²) in [5.74, 6) is -0.163. The molecule has 0 fully saturated rings. The number of nitriles is 1. The summed E-state index contributed by atoms with van der Waals surface area (Å²) in [6.07, 6.45) is 1.50. The van der Waals surface area contributed by atoms with Crippen molar-refractivity contribution in [3.8, 4) is 6.07 Å². The summed E-state index contributed by atoms with van der Waals surface area (Å²) in [6.45, 7) is 1.81. The van der Waals surface area contributed by atoms with E-state index in [4.69, 9.17) is 16.9 Å². The van der Waals surface area contributed by atoms with E-state index in [9.17, 15) is 4.79 Å². The van der Waals surface area contributed by atoms with E-state index in [-0.39, 0.29) is 11.2 Å². The molecule has 1 amide bonds. The quantitative estimate of drug-likeness (QED) is 0.543. The molecular formula is C16H11ClN4OS2. The van der Waals surface area contributed by atoms with Crippen LogP contribution in [0.15, 0.2) is 41.0 Å². The van der Waals surface area contributed by atoms with Gasteiger partial charge in [-0.1, -0.05) is 23.4 Å². The molecule has 2 aromatic heterocycles. The molecule has 3 rings (SSSR count). The van der Waals surface area contributed by atoms with E-state index in [0.717, 1.165) is 15.2 Å². The number of aromatic nitrogens is 2. The molecule has 3 aromatic rings. The standard InChI is InChI=1S/C16H11ClN4OS2/c1-9(24-16-14-13(4-5-23-14)19-8-20-16)15(22)21-11-3-2-10(7-18)12(17)6-11/h2-6,8-9H,1H3,(H,21,22). The zero-order valence-electron chi connectivity index (χ0n) is 12.5. The smallest absolute Gasteiger partial charge is 0.237 e. The van der Waals surface area contributed by atoms with Crippen molar-refractivity contribution in [2.45, 2.75) is 17.2 Å². The van der Waals surface area contributed by atoms with E-state index in [1.807, 2.05) is 24.4 Å². The van der Waals surface area contributed by atoms with Crippen LogP contribution in [-0.2, 0) is 4.79 Å². The predicted octanol–water partition coefficient (Wildman–Crippen LogP) is 4.34. The first-order valence-corrected chi connectivity index (χ1v) is 9.07. The number of nitrogens with zero attached hydrogens (tertiary/aromatic N) is 3. The van der Waals surface area contributed by atoms with Gasteiger partial charge in [0.05, 0.1) is 26.1 Å². The number of amides is 1. The molecule has 0 saturated heterocycles. The third kappa shape index (κ3) is 3.51. The molecule has 1 atom stereocenters. The third-order valence-electron chi connectivity index (χ3n) is 3.23. The molecule has 1 unspecified atom stereocenters. The van der Waals surface area contributed by atoms with Crippen LogP contribution in [0.5, 0.6) is 0 Å². The zero-order chi connectivity index (χ0) is 17.1. The molecule has 24 heavy (non-hydrogen) atoms. The highest BCUT2D eigenvalue weighted by Crippen LogP contribution is 2.31. The van der Waals surface area contributed by atoms with E-state index in [2.05, 4.69) is 15.3 Å². The maximum Gasteiger partial charge on any atom is 0.237 e.